The van der Waals surface area contributed by atoms with Crippen molar-refractivity contribution in [1.82, 2.24) is 20.8 Å². The number of nitrogens with one attached hydrogen (secondary N) is 2. The molecule has 0 amide bonds. The Balaban J connectivity index is 1.56. The van der Waals surface area contributed by atoms with Crippen LogP contribution < -0.4 is 10.6 Å². The van der Waals surface area contributed by atoms with E-state index in [1.165, 1.54) is 0 Å². The molecule has 0 radical (unpaired) electrons. The predicted octanol–water partition coefficient (Wildman–Crippen LogP) is 4.61. The summed E-state index contributed by atoms with van der Waals surface area (Å²) in [6, 6.07) is 6.91. The molecule has 30 heavy (non-hydrogen) atoms. The van der Waals surface area contributed by atoms with Gasteiger partial charge in [-0.05, 0) is 38.3 Å². The van der Waals surface area contributed by atoms with Crippen molar-refractivity contribution in [3.05, 3.63) is 35.2 Å². The Bertz CT molecular complexity index is 855. The van der Waals surface area contributed by atoms with Crippen LogP contribution in [0.5, 0.6) is 0 Å². The molecule has 3 rings (SSSR count). The van der Waals surface area contributed by atoms with Crippen LogP contribution in [-0.4, -0.2) is 41.4 Å². The van der Waals surface area contributed by atoms with Gasteiger partial charge in [0.2, 0.25) is 11.7 Å². The zero-order chi connectivity index (χ0) is 21.6. The van der Waals surface area contributed by atoms with E-state index in [1.54, 1.807) is 18.2 Å². The van der Waals surface area contributed by atoms with E-state index in [2.05, 4.69) is 25.8 Å². The molecule has 0 spiro atoms. The molecule has 0 saturated heterocycles. The molecule has 1 aromatic heterocycles. The number of aromatic nitrogens is 2. The summed E-state index contributed by atoms with van der Waals surface area (Å²) >= 11 is 5.98. The fraction of sp³-hybridized carbons (Fsp3) is 0.550. The molecule has 0 bridgehead atoms. The quantitative estimate of drug-likeness (QED) is 0.503. The van der Waals surface area contributed by atoms with Gasteiger partial charge in [0, 0.05) is 29.6 Å². The van der Waals surface area contributed by atoms with E-state index in [9.17, 15) is 13.2 Å². The van der Waals surface area contributed by atoms with Crippen LogP contribution in [0, 0.1) is 5.92 Å². The molecule has 1 aromatic carbocycles. The molecule has 1 saturated carbocycles. The molecule has 1 aliphatic rings. The molecular weight excluding hydrogens is 419 g/mol. The van der Waals surface area contributed by atoms with Crippen molar-refractivity contribution in [1.29, 1.82) is 0 Å². The average molecular weight is 444 g/mol. The standard InChI is InChI=1S/C20H25ClF3N5O/c1-2-25-19(27-16-8-4-6-14(12-16)20(22,23)24)26-10-9-17-28-18(29-30-17)13-5-3-7-15(21)11-13/h3,5,7,11,14,16H,2,4,6,8-10,12H2,1H3,(H2,25,26,27). The maximum atomic E-state index is 13.0. The minimum Gasteiger partial charge on any atom is -0.357 e. The summed E-state index contributed by atoms with van der Waals surface area (Å²) in [5.41, 5.74) is 0.757. The lowest BCUT2D eigenvalue weighted by Crippen LogP contribution is -2.46. The lowest BCUT2D eigenvalue weighted by atomic mass is 9.85. The molecule has 10 heteroatoms. The maximum absolute atomic E-state index is 13.0. The number of benzene rings is 1. The van der Waals surface area contributed by atoms with Crippen molar-refractivity contribution in [2.45, 2.75) is 51.2 Å². The highest BCUT2D eigenvalue weighted by Gasteiger charge is 2.42. The topological polar surface area (TPSA) is 75.3 Å². The van der Waals surface area contributed by atoms with Crippen LogP contribution in [0.25, 0.3) is 11.4 Å². The van der Waals surface area contributed by atoms with Crippen LogP contribution in [0.4, 0.5) is 13.2 Å². The molecule has 6 nitrogen and oxygen atoms in total. The summed E-state index contributed by atoms with van der Waals surface area (Å²) in [5, 5.41) is 10.8. The fourth-order valence-electron chi connectivity index (χ4n) is 3.50. The fourth-order valence-corrected chi connectivity index (χ4v) is 3.69. The Morgan fingerprint density at radius 3 is 2.90 bits per heavy atom. The van der Waals surface area contributed by atoms with Gasteiger partial charge in [0.05, 0.1) is 12.5 Å². The molecular formula is C20H25ClF3N5O. The Hall–Kier alpha value is -2.29. The molecule has 1 fully saturated rings. The lowest BCUT2D eigenvalue weighted by Gasteiger charge is -2.31. The highest BCUT2D eigenvalue weighted by Crippen LogP contribution is 2.37. The van der Waals surface area contributed by atoms with E-state index >= 15 is 0 Å². The molecule has 2 N–H and O–H groups in total. The van der Waals surface area contributed by atoms with Gasteiger partial charge in [-0.15, -0.1) is 0 Å². The normalized spacial score (nSPS) is 20.2. The Morgan fingerprint density at radius 1 is 1.33 bits per heavy atom. The summed E-state index contributed by atoms with van der Waals surface area (Å²) < 4.78 is 44.4. The lowest BCUT2D eigenvalue weighted by molar-refractivity contribution is -0.183. The first-order valence-electron chi connectivity index (χ1n) is 10.0. The Labute approximate surface area is 178 Å². The number of halogens is 4. The van der Waals surface area contributed by atoms with Gasteiger partial charge in [-0.25, -0.2) is 0 Å². The largest absolute Gasteiger partial charge is 0.391 e. The number of aliphatic imine (C=N–C) groups is 1. The second kappa shape index (κ2) is 10.1. The zero-order valence-electron chi connectivity index (χ0n) is 16.7. The SMILES string of the molecule is CCNC(=NCCc1nc(-c2cccc(Cl)c2)no1)NC1CCCC(C(F)(F)F)C1. The average Bonchev–Trinajstić information content (AvgIpc) is 3.17. The first-order valence-corrected chi connectivity index (χ1v) is 10.4. The third-order valence-electron chi connectivity index (χ3n) is 4.97. The van der Waals surface area contributed by atoms with Crippen LogP contribution in [0.3, 0.4) is 0 Å². The van der Waals surface area contributed by atoms with Gasteiger partial charge in [0.1, 0.15) is 0 Å². The van der Waals surface area contributed by atoms with Gasteiger partial charge >= 0.3 is 6.18 Å². The van der Waals surface area contributed by atoms with E-state index in [0.717, 1.165) is 5.56 Å². The van der Waals surface area contributed by atoms with E-state index in [4.69, 9.17) is 16.1 Å². The molecule has 2 aromatic rings. The predicted molar refractivity (Wildman–Crippen MR) is 109 cm³/mol. The van der Waals surface area contributed by atoms with Gasteiger partial charge in [-0.2, -0.15) is 18.2 Å². The third kappa shape index (κ3) is 6.35. The van der Waals surface area contributed by atoms with Crippen LogP contribution >= 0.6 is 11.6 Å². The second-order valence-electron chi connectivity index (χ2n) is 7.28. The van der Waals surface area contributed by atoms with E-state index < -0.39 is 12.1 Å². The summed E-state index contributed by atoms with van der Waals surface area (Å²) in [5.74, 6) is 0.121. The van der Waals surface area contributed by atoms with E-state index in [-0.39, 0.29) is 18.9 Å². The first-order chi connectivity index (χ1) is 14.3. The van der Waals surface area contributed by atoms with Gasteiger partial charge in [-0.3, -0.25) is 4.99 Å². The monoisotopic (exact) mass is 443 g/mol. The van der Waals surface area contributed by atoms with E-state index in [0.29, 0.717) is 55.0 Å². The number of hydrogen-bond acceptors (Lipinski definition) is 4. The summed E-state index contributed by atoms with van der Waals surface area (Å²) in [6.07, 6.45) is -2.21. The van der Waals surface area contributed by atoms with Gasteiger partial charge < -0.3 is 15.2 Å². The van der Waals surface area contributed by atoms with Crippen molar-refractivity contribution in [3.8, 4) is 11.4 Å². The van der Waals surface area contributed by atoms with Crippen LogP contribution in [0.2, 0.25) is 5.02 Å². The number of nitrogens with zero attached hydrogens (tertiary/aromatic N) is 3. The third-order valence-corrected chi connectivity index (χ3v) is 5.20. The zero-order valence-corrected chi connectivity index (χ0v) is 17.4. The van der Waals surface area contributed by atoms with Crippen molar-refractivity contribution in [3.63, 3.8) is 0 Å². The Morgan fingerprint density at radius 2 is 2.17 bits per heavy atom. The molecule has 1 heterocycles. The van der Waals surface area contributed by atoms with E-state index in [1.807, 2.05) is 13.0 Å². The van der Waals surface area contributed by atoms with Crippen LogP contribution in [-0.2, 0) is 6.42 Å². The smallest absolute Gasteiger partial charge is 0.357 e. The molecule has 0 aliphatic heterocycles. The second-order valence-corrected chi connectivity index (χ2v) is 7.72. The van der Waals surface area contributed by atoms with Crippen molar-refractivity contribution < 1.29 is 17.7 Å². The summed E-state index contributed by atoms with van der Waals surface area (Å²) in [4.78, 5) is 8.80. The van der Waals surface area contributed by atoms with Crippen molar-refractivity contribution in [2.75, 3.05) is 13.1 Å². The van der Waals surface area contributed by atoms with Crippen molar-refractivity contribution in [2.24, 2.45) is 10.9 Å². The Kier molecular flexibility index (Phi) is 7.58. The summed E-state index contributed by atoms with van der Waals surface area (Å²) in [6.45, 7) is 2.88. The molecule has 164 valence electrons. The summed E-state index contributed by atoms with van der Waals surface area (Å²) in [7, 11) is 0. The van der Waals surface area contributed by atoms with Crippen LogP contribution in [0.1, 0.15) is 38.5 Å². The molecule has 1 aliphatic carbocycles. The highest BCUT2D eigenvalue weighted by atomic mass is 35.5. The maximum Gasteiger partial charge on any atom is 0.391 e. The molecule has 2 unspecified atom stereocenters. The minimum absolute atomic E-state index is 0.0700. The number of guanidine groups is 1. The van der Waals surface area contributed by atoms with Crippen molar-refractivity contribution >= 4 is 17.6 Å². The van der Waals surface area contributed by atoms with Crippen LogP contribution in [0.15, 0.2) is 33.8 Å². The highest BCUT2D eigenvalue weighted by molar-refractivity contribution is 6.30. The number of alkyl halides is 3. The van der Waals surface area contributed by atoms with Gasteiger partial charge in [-0.1, -0.05) is 35.3 Å². The minimum atomic E-state index is -4.14. The number of rotatable bonds is 6. The van der Waals surface area contributed by atoms with Gasteiger partial charge in [0.15, 0.2) is 5.96 Å². The first kappa shape index (κ1) is 22.4. The number of hydrogen-bond donors (Lipinski definition) is 2. The molecule has 2 atom stereocenters. The van der Waals surface area contributed by atoms with Gasteiger partial charge in [0.25, 0.3) is 0 Å².